The maximum atomic E-state index is 12.8. The Bertz CT molecular complexity index is 1040. The Hall–Kier alpha value is -1.85. The van der Waals surface area contributed by atoms with E-state index in [0.717, 1.165) is 64.2 Å². The number of carbonyl (C=O) groups excluding carboxylic acids is 3. The molecule has 0 spiro atoms. The van der Waals surface area contributed by atoms with Crippen molar-refractivity contribution in [1.82, 2.24) is 0 Å². The third-order valence-electron chi connectivity index (χ3n) is 13.8. The number of esters is 3. The SMILES string of the molecule is CCCCCCC/C=C\CCCCCCCC(=O)OC(COC(=O)CCCCCCCCCC)COC(=O)CCCCCCCCCCCCCCCCCCCCCCCCCCCCC. The zero-order valence-corrected chi connectivity index (χ0v) is 45.5. The van der Waals surface area contributed by atoms with Crippen molar-refractivity contribution in [3.05, 3.63) is 12.2 Å². The maximum Gasteiger partial charge on any atom is 0.306 e. The van der Waals surface area contributed by atoms with Gasteiger partial charge in [0.05, 0.1) is 0 Å². The van der Waals surface area contributed by atoms with Gasteiger partial charge in [-0.15, -0.1) is 0 Å². The molecule has 0 fully saturated rings. The quantitative estimate of drug-likeness (QED) is 0.0262. The van der Waals surface area contributed by atoms with Crippen LogP contribution in [0, 0.1) is 0 Å². The van der Waals surface area contributed by atoms with Gasteiger partial charge in [-0.2, -0.15) is 0 Å². The highest BCUT2D eigenvalue weighted by molar-refractivity contribution is 5.71. The third kappa shape index (κ3) is 55.0. The molecule has 0 saturated heterocycles. The summed E-state index contributed by atoms with van der Waals surface area (Å²) in [7, 11) is 0. The van der Waals surface area contributed by atoms with Crippen LogP contribution >= 0.6 is 0 Å². The zero-order chi connectivity index (χ0) is 48.6. The van der Waals surface area contributed by atoms with Crippen molar-refractivity contribution in [3.63, 3.8) is 0 Å². The van der Waals surface area contributed by atoms with Gasteiger partial charge in [0.2, 0.25) is 0 Å². The minimum absolute atomic E-state index is 0.0681. The van der Waals surface area contributed by atoms with E-state index in [0.29, 0.717) is 19.3 Å². The van der Waals surface area contributed by atoms with E-state index in [1.165, 1.54) is 238 Å². The molecule has 0 rings (SSSR count). The first-order chi connectivity index (χ1) is 33.0. The van der Waals surface area contributed by atoms with Crippen LogP contribution in [0.15, 0.2) is 12.2 Å². The number of ether oxygens (including phenoxy) is 3. The molecule has 0 heterocycles. The van der Waals surface area contributed by atoms with E-state index in [4.69, 9.17) is 14.2 Å². The normalized spacial score (nSPS) is 12.0. The van der Waals surface area contributed by atoms with Gasteiger partial charge in [-0.05, 0) is 44.9 Å². The predicted octanol–water partition coefficient (Wildman–Crippen LogP) is 20.1. The highest BCUT2D eigenvalue weighted by atomic mass is 16.6. The van der Waals surface area contributed by atoms with Crippen molar-refractivity contribution in [3.8, 4) is 0 Å². The number of carbonyl (C=O) groups is 3. The van der Waals surface area contributed by atoms with Gasteiger partial charge < -0.3 is 14.2 Å². The average Bonchev–Trinajstić information content (AvgIpc) is 3.33. The standard InChI is InChI=1S/C61H116O6/c1-4-7-10-13-16-19-21-23-25-26-27-28-29-30-31-32-33-34-35-36-37-39-40-42-45-48-51-54-60(63)66-57-58(56-65-59(62)53-50-47-44-18-15-12-9-6-3)67-61(64)55-52-49-46-43-41-38-24-22-20-17-14-11-8-5-2/h22,24,58H,4-21,23,25-57H2,1-3H3/b24-22-. The van der Waals surface area contributed by atoms with E-state index in [-0.39, 0.29) is 31.1 Å². The summed E-state index contributed by atoms with van der Waals surface area (Å²) in [5.41, 5.74) is 0. The predicted molar refractivity (Wildman–Crippen MR) is 289 cm³/mol. The zero-order valence-electron chi connectivity index (χ0n) is 45.5. The van der Waals surface area contributed by atoms with E-state index >= 15 is 0 Å². The highest BCUT2D eigenvalue weighted by Gasteiger charge is 2.19. The molecule has 1 atom stereocenters. The molecule has 0 saturated carbocycles. The molecule has 0 aromatic heterocycles. The fourth-order valence-corrected chi connectivity index (χ4v) is 9.21. The van der Waals surface area contributed by atoms with Crippen molar-refractivity contribution < 1.29 is 28.6 Å². The van der Waals surface area contributed by atoms with Crippen LogP contribution in [0.2, 0.25) is 0 Å². The molecule has 6 heteroatoms. The minimum Gasteiger partial charge on any atom is -0.462 e. The summed E-state index contributed by atoms with van der Waals surface area (Å²) >= 11 is 0. The molecule has 396 valence electrons. The smallest absolute Gasteiger partial charge is 0.306 e. The molecule has 67 heavy (non-hydrogen) atoms. The van der Waals surface area contributed by atoms with Crippen LogP contribution in [0.5, 0.6) is 0 Å². The van der Waals surface area contributed by atoms with Crippen LogP contribution in [-0.4, -0.2) is 37.2 Å². The Morgan fingerprint density at radius 2 is 0.493 bits per heavy atom. The van der Waals surface area contributed by atoms with Crippen molar-refractivity contribution in [2.75, 3.05) is 13.2 Å². The molecular formula is C61H116O6. The molecule has 0 aliphatic heterocycles. The number of hydrogen-bond donors (Lipinski definition) is 0. The monoisotopic (exact) mass is 945 g/mol. The summed E-state index contributed by atoms with van der Waals surface area (Å²) < 4.78 is 16.8. The topological polar surface area (TPSA) is 78.9 Å². The molecule has 0 amide bonds. The largest absolute Gasteiger partial charge is 0.462 e. The molecule has 0 bridgehead atoms. The summed E-state index contributed by atoms with van der Waals surface area (Å²) in [6.45, 7) is 6.65. The summed E-state index contributed by atoms with van der Waals surface area (Å²) in [6.07, 6.45) is 65.3. The average molecular weight is 946 g/mol. The van der Waals surface area contributed by atoms with Gasteiger partial charge in [0.15, 0.2) is 6.10 Å². The van der Waals surface area contributed by atoms with Crippen molar-refractivity contribution in [1.29, 1.82) is 0 Å². The molecule has 0 aromatic carbocycles. The van der Waals surface area contributed by atoms with E-state index < -0.39 is 6.10 Å². The van der Waals surface area contributed by atoms with E-state index in [9.17, 15) is 14.4 Å². The second-order valence-corrected chi connectivity index (χ2v) is 20.6. The van der Waals surface area contributed by atoms with Gasteiger partial charge in [0.1, 0.15) is 13.2 Å². The molecular weight excluding hydrogens is 829 g/mol. The molecule has 0 N–H and O–H groups in total. The lowest BCUT2D eigenvalue weighted by atomic mass is 10.0. The maximum absolute atomic E-state index is 12.8. The molecule has 1 unspecified atom stereocenters. The first-order valence-electron chi connectivity index (χ1n) is 30.2. The Morgan fingerprint density at radius 1 is 0.284 bits per heavy atom. The third-order valence-corrected chi connectivity index (χ3v) is 13.8. The van der Waals surface area contributed by atoms with Gasteiger partial charge >= 0.3 is 17.9 Å². The number of unbranched alkanes of at least 4 members (excludes halogenated alkanes) is 43. The summed E-state index contributed by atoms with van der Waals surface area (Å²) in [5.74, 6) is -0.860. The molecule has 0 aromatic rings. The lowest BCUT2D eigenvalue weighted by Crippen LogP contribution is -2.30. The number of rotatable bonds is 56. The van der Waals surface area contributed by atoms with Gasteiger partial charge in [0.25, 0.3) is 0 Å². The summed E-state index contributed by atoms with van der Waals surface area (Å²) in [4.78, 5) is 38.0. The Kier molecular flexibility index (Phi) is 55.2. The Morgan fingerprint density at radius 3 is 0.746 bits per heavy atom. The van der Waals surface area contributed by atoms with Crippen molar-refractivity contribution >= 4 is 17.9 Å². The fraction of sp³-hybridized carbons (Fsp3) is 0.918. The van der Waals surface area contributed by atoms with Crippen LogP contribution < -0.4 is 0 Å². The fourth-order valence-electron chi connectivity index (χ4n) is 9.21. The highest BCUT2D eigenvalue weighted by Crippen LogP contribution is 2.18. The van der Waals surface area contributed by atoms with Gasteiger partial charge in [-0.1, -0.05) is 290 Å². The molecule has 0 radical (unpaired) electrons. The van der Waals surface area contributed by atoms with Crippen LogP contribution in [0.1, 0.15) is 342 Å². The van der Waals surface area contributed by atoms with Crippen molar-refractivity contribution in [2.45, 2.75) is 348 Å². The molecule has 0 aliphatic rings. The van der Waals surface area contributed by atoms with Crippen molar-refractivity contribution in [2.24, 2.45) is 0 Å². The molecule has 0 aliphatic carbocycles. The Balaban J connectivity index is 4.05. The van der Waals surface area contributed by atoms with Gasteiger partial charge in [-0.3, -0.25) is 14.4 Å². The van der Waals surface area contributed by atoms with Crippen LogP contribution in [-0.2, 0) is 28.6 Å². The summed E-state index contributed by atoms with van der Waals surface area (Å²) in [5, 5.41) is 0. The first kappa shape index (κ1) is 65.1. The van der Waals surface area contributed by atoms with Crippen LogP contribution in [0.3, 0.4) is 0 Å². The lowest BCUT2D eigenvalue weighted by molar-refractivity contribution is -0.167. The van der Waals surface area contributed by atoms with Gasteiger partial charge in [0, 0.05) is 19.3 Å². The molecule has 6 nitrogen and oxygen atoms in total. The van der Waals surface area contributed by atoms with E-state index in [2.05, 4.69) is 32.9 Å². The number of allylic oxidation sites excluding steroid dienone is 2. The summed E-state index contributed by atoms with van der Waals surface area (Å²) in [6, 6.07) is 0. The second kappa shape index (κ2) is 56.7. The minimum atomic E-state index is -0.767. The first-order valence-corrected chi connectivity index (χ1v) is 30.2. The van der Waals surface area contributed by atoms with E-state index in [1.807, 2.05) is 0 Å². The van der Waals surface area contributed by atoms with Crippen LogP contribution in [0.4, 0.5) is 0 Å². The number of hydrogen-bond acceptors (Lipinski definition) is 6. The van der Waals surface area contributed by atoms with E-state index in [1.54, 1.807) is 0 Å². The Labute approximate surface area is 418 Å². The van der Waals surface area contributed by atoms with Crippen LogP contribution in [0.25, 0.3) is 0 Å². The lowest BCUT2D eigenvalue weighted by Gasteiger charge is -2.18. The van der Waals surface area contributed by atoms with Gasteiger partial charge in [-0.25, -0.2) is 0 Å². The second-order valence-electron chi connectivity index (χ2n) is 20.6.